The maximum Gasteiger partial charge on any atom is 0.236 e. The summed E-state index contributed by atoms with van der Waals surface area (Å²) in [5.41, 5.74) is 1.45. The van der Waals surface area contributed by atoms with E-state index in [0.717, 1.165) is 45.4 Å². The summed E-state index contributed by atoms with van der Waals surface area (Å²) in [4.78, 5) is 19.5. The minimum absolute atomic E-state index is 0.326. The lowest BCUT2D eigenvalue weighted by Crippen LogP contribution is -2.47. The average Bonchev–Trinajstić information content (AvgIpc) is 2.89. The lowest BCUT2D eigenvalue weighted by atomic mass is 9.89. The van der Waals surface area contributed by atoms with Gasteiger partial charge in [-0.2, -0.15) is 0 Å². The number of amides is 1. The van der Waals surface area contributed by atoms with Crippen molar-refractivity contribution < 1.29 is 4.79 Å². The van der Waals surface area contributed by atoms with Gasteiger partial charge in [0.15, 0.2) is 0 Å². The van der Waals surface area contributed by atoms with E-state index in [1.165, 1.54) is 18.4 Å². The summed E-state index contributed by atoms with van der Waals surface area (Å²) >= 11 is 0. The Morgan fingerprint density at radius 1 is 1.04 bits per heavy atom. The van der Waals surface area contributed by atoms with Gasteiger partial charge >= 0.3 is 0 Å². The molecule has 138 valence electrons. The van der Waals surface area contributed by atoms with Crippen molar-refractivity contribution in [3.05, 3.63) is 35.9 Å². The predicted octanol–water partition coefficient (Wildman–Crippen LogP) is 2.81. The maximum atomic E-state index is 12.8. The molecular weight excluding hydrogens is 310 g/mol. The minimum Gasteiger partial charge on any atom is -0.340 e. The van der Waals surface area contributed by atoms with Crippen LogP contribution in [-0.4, -0.2) is 73.5 Å². The second kappa shape index (κ2) is 8.81. The molecule has 2 aliphatic heterocycles. The number of piperidine rings is 1. The van der Waals surface area contributed by atoms with Crippen LogP contribution >= 0.6 is 0 Å². The van der Waals surface area contributed by atoms with Crippen LogP contribution in [-0.2, 0) is 4.79 Å². The molecule has 0 aliphatic carbocycles. The molecule has 0 unspecified atom stereocenters. The molecule has 4 heteroatoms. The third kappa shape index (κ3) is 5.05. The maximum absolute atomic E-state index is 12.8. The van der Waals surface area contributed by atoms with Gasteiger partial charge < -0.3 is 9.80 Å². The molecule has 0 N–H and O–H groups in total. The van der Waals surface area contributed by atoms with Gasteiger partial charge in [0, 0.05) is 19.1 Å². The number of carbonyl (C=O) groups is 1. The van der Waals surface area contributed by atoms with Gasteiger partial charge in [-0.25, -0.2) is 0 Å². The molecule has 0 radical (unpaired) electrons. The number of likely N-dealkylation sites (N-methyl/N-ethyl adjacent to an activating group) is 1. The Balaban J connectivity index is 1.48. The fourth-order valence-electron chi connectivity index (χ4n) is 4.21. The molecule has 0 saturated carbocycles. The van der Waals surface area contributed by atoms with Gasteiger partial charge in [-0.3, -0.25) is 9.69 Å². The molecule has 3 rings (SSSR count). The molecule has 0 spiro atoms. The highest BCUT2D eigenvalue weighted by Gasteiger charge is 2.26. The molecule has 2 saturated heterocycles. The molecule has 2 aliphatic rings. The first-order valence-electron chi connectivity index (χ1n) is 9.85. The van der Waals surface area contributed by atoms with Gasteiger partial charge in [-0.05, 0) is 64.3 Å². The first kappa shape index (κ1) is 18.4. The SMILES string of the molecule is CN(C)[C@H]1CCCCN(C(=O)CN2CCC(c3ccccc3)CC2)C1. The second-order valence-corrected chi connectivity index (χ2v) is 7.91. The zero-order valence-electron chi connectivity index (χ0n) is 15.9. The summed E-state index contributed by atoms with van der Waals surface area (Å²) in [6.07, 6.45) is 5.91. The molecule has 4 nitrogen and oxygen atoms in total. The lowest BCUT2D eigenvalue weighted by Gasteiger charge is -2.34. The summed E-state index contributed by atoms with van der Waals surface area (Å²) in [5.74, 6) is 0.982. The number of likely N-dealkylation sites (tertiary alicyclic amines) is 2. The van der Waals surface area contributed by atoms with Crippen LogP contribution in [0.25, 0.3) is 0 Å². The summed E-state index contributed by atoms with van der Waals surface area (Å²) < 4.78 is 0. The van der Waals surface area contributed by atoms with Gasteiger partial charge in [0.2, 0.25) is 5.91 Å². The normalized spacial score (nSPS) is 23.6. The van der Waals surface area contributed by atoms with Crippen molar-refractivity contribution in [3.8, 4) is 0 Å². The molecule has 0 bridgehead atoms. The van der Waals surface area contributed by atoms with Gasteiger partial charge in [-0.1, -0.05) is 36.8 Å². The van der Waals surface area contributed by atoms with Crippen molar-refractivity contribution in [2.24, 2.45) is 0 Å². The molecular formula is C21H33N3O. The molecule has 2 heterocycles. The Hall–Kier alpha value is -1.39. The number of carbonyl (C=O) groups excluding carboxylic acids is 1. The Bertz CT molecular complexity index is 537. The minimum atomic E-state index is 0.326. The molecule has 2 fully saturated rings. The first-order valence-corrected chi connectivity index (χ1v) is 9.85. The van der Waals surface area contributed by atoms with Crippen LogP contribution < -0.4 is 0 Å². The first-order chi connectivity index (χ1) is 12.1. The average molecular weight is 344 g/mol. The number of hydrogen-bond acceptors (Lipinski definition) is 3. The van der Waals surface area contributed by atoms with Crippen molar-refractivity contribution in [3.63, 3.8) is 0 Å². The van der Waals surface area contributed by atoms with E-state index in [0.29, 0.717) is 24.4 Å². The van der Waals surface area contributed by atoms with Crippen molar-refractivity contribution >= 4 is 5.91 Å². The second-order valence-electron chi connectivity index (χ2n) is 7.91. The summed E-state index contributed by atoms with van der Waals surface area (Å²) in [6.45, 7) is 4.50. The van der Waals surface area contributed by atoms with E-state index < -0.39 is 0 Å². The number of rotatable bonds is 4. The van der Waals surface area contributed by atoms with E-state index >= 15 is 0 Å². The van der Waals surface area contributed by atoms with Crippen LogP contribution in [0, 0.1) is 0 Å². The fourth-order valence-corrected chi connectivity index (χ4v) is 4.21. The number of benzene rings is 1. The van der Waals surface area contributed by atoms with E-state index in [1.807, 2.05) is 0 Å². The van der Waals surface area contributed by atoms with Crippen LogP contribution in [0.15, 0.2) is 30.3 Å². The quantitative estimate of drug-likeness (QED) is 0.841. The molecule has 1 amide bonds. The summed E-state index contributed by atoms with van der Waals surface area (Å²) in [7, 11) is 4.26. The molecule has 1 aromatic carbocycles. The van der Waals surface area contributed by atoms with Crippen LogP contribution in [0.5, 0.6) is 0 Å². The fraction of sp³-hybridized carbons (Fsp3) is 0.667. The third-order valence-corrected chi connectivity index (χ3v) is 5.95. The topological polar surface area (TPSA) is 26.8 Å². The molecule has 1 atom stereocenters. The van der Waals surface area contributed by atoms with Crippen molar-refractivity contribution in [1.82, 2.24) is 14.7 Å². The van der Waals surface area contributed by atoms with Crippen LogP contribution in [0.2, 0.25) is 0 Å². The molecule has 0 aromatic heterocycles. The van der Waals surface area contributed by atoms with Gasteiger partial charge in [-0.15, -0.1) is 0 Å². The van der Waals surface area contributed by atoms with E-state index in [4.69, 9.17) is 0 Å². The van der Waals surface area contributed by atoms with Gasteiger partial charge in [0.05, 0.1) is 6.54 Å². The van der Waals surface area contributed by atoms with E-state index in [1.54, 1.807) is 0 Å². The smallest absolute Gasteiger partial charge is 0.236 e. The monoisotopic (exact) mass is 343 g/mol. The zero-order chi connectivity index (χ0) is 17.6. The van der Waals surface area contributed by atoms with Gasteiger partial charge in [0.25, 0.3) is 0 Å². The summed E-state index contributed by atoms with van der Waals surface area (Å²) in [6, 6.07) is 11.3. The van der Waals surface area contributed by atoms with Crippen LogP contribution in [0.1, 0.15) is 43.6 Å². The van der Waals surface area contributed by atoms with Crippen molar-refractivity contribution in [2.75, 3.05) is 46.8 Å². The Morgan fingerprint density at radius 2 is 1.76 bits per heavy atom. The lowest BCUT2D eigenvalue weighted by molar-refractivity contribution is -0.133. The number of nitrogens with zero attached hydrogens (tertiary/aromatic N) is 3. The van der Waals surface area contributed by atoms with E-state index in [9.17, 15) is 4.79 Å². The van der Waals surface area contributed by atoms with Crippen molar-refractivity contribution in [2.45, 2.75) is 44.1 Å². The molecule has 25 heavy (non-hydrogen) atoms. The summed E-state index contributed by atoms with van der Waals surface area (Å²) in [5, 5.41) is 0. The predicted molar refractivity (Wildman–Crippen MR) is 103 cm³/mol. The van der Waals surface area contributed by atoms with E-state index in [2.05, 4.69) is 59.1 Å². The highest BCUT2D eigenvalue weighted by atomic mass is 16.2. The number of hydrogen-bond donors (Lipinski definition) is 0. The van der Waals surface area contributed by atoms with Gasteiger partial charge in [0.1, 0.15) is 0 Å². The highest BCUT2D eigenvalue weighted by molar-refractivity contribution is 5.78. The Labute approximate surface area is 152 Å². The largest absolute Gasteiger partial charge is 0.340 e. The van der Waals surface area contributed by atoms with Crippen LogP contribution in [0.4, 0.5) is 0 Å². The molecule has 1 aromatic rings. The van der Waals surface area contributed by atoms with Crippen molar-refractivity contribution in [1.29, 1.82) is 0 Å². The highest BCUT2D eigenvalue weighted by Crippen LogP contribution is 2.27. The Kier molecular flexibility index (Phi) is 6.49. The van der Waals surface area contributed by atoms with E-state index in [-0.39, 0.29) is 0 Å². The third-order valence-electron chi connectivity index (χ3n) is 5.95. The Morgan fingerprint density at radius 3 is 2.44 bits per heavy atom. The standard InChI is InChI=1S/C21H33N3O/c1-22(2)20-10-6-7-13-24(16-20)21(25)17-23-14-11-19(12-15-23)18-8-4-3-5-9-18/h3-5,8-9,19-20H,6-7,10-17H2,1-2H3/t20-/m0/s1. The van der Waals surface area contributed by atoms with Crippen LogP contribution in [0.3, 0.4) is 0 Å². The zero-order valence-corrected chi connectivity index (χ0v) is 15.9.